The van der Waals surface area contributed by atoms with Crippen LogP contribution in [0, 0.1) is 0 Å². The maximum atomic E-state index is 2.44. The summed E-state index contributed by atoms with van der Waals surface area (Å²) in [6.45, 7) is 4.71. The van der Waals surface area contributed by atoms with E-state index in [2.05, 4.69) is 170 Å². The highest BCUT2D eigenvalue weighted by Gasteiger charge is 2.38. The Morgan fingerprint density at radius 2 is 1.00 bits per heavy atom. The summed E-state index contributed by atoms with van der Waals surface area (Å²) in [5.74, 6) is 0. The van der Waals surface area contributed by atoms with Crippen LogP contribution in [0.15, 0.2) is 152 Å². The topological polar surface area (TPSA) is 3.24 Å². The van der Waals surface area contributed by atoms with Crippen molar-refractivity contribution < 1.29 is 0 Å². The smallest absolute Gasteiger partial charge is 0.0540 e. The summed E-state index contributed by atoms with van der Waals surface area (Å²) in [7, 11) is 0. The number of benzene rings is 6. The van der Waals surface area contributed by atoms with Gasteiger partial charge in [0.25, 0.3) is 0 Å². The van der Waals surface area contributed by atoms with Gasteiger partial charge in [0.1, 0.15) is 0 Å². The molecule has 1 heteroatoms. The molecule has 0 aliphatic heterocycles. The van der Waals surface area contributed by atoms with E-state index in [1.54, 1.807) is 0 Å². The lowest BCUT2D eigenvalue weighted by Crippen LogP contribution is -2.20. The van der Waals surface area contributed by atoms with Gasteiger partial charge in [0.15, 0.2) is 0 Å². The third-order valence-electron chi connectivity index (χ3n) is 8.84. The van der Waals surface area contributed by atoms with Crippen LogP contribution in [0.5, 0.6) is 0 Å². The fourth-order valence-corrected chi connectivity index (χ4v) is 6.48. The zero-order valence-corrected chi connectivity index (χ0v) is 23.6. The average Bonchev–Trinajstić information content (AvgIpc) is 3.31. The molecule has 198 valence electrons. The van der Waals surface area contributed by atoms with Crippen LogP contribution < -0.4 is 4.90 Å². The molecule has 0 bridgehead atoms. The molecule has 0 radical (unpaired) electrons. The number of para-hydroxylation sites is 1. The van der Waals surface area contributed by atoms with Crippen molar-refractivity contribution in [2.75, 3.05) is 4.90 Å². The normalized spacial score (nSPS) is 15.3. The Kier molecular flexibility index (Phi) is 6.29. The first-order valence-corrected chi connectivity index (χ1v) is 14.5. The SMILES string of the molecule is CCC1(C)c2ccccc2-c2ccc(N(c3ccc(-c4ccccc4)cc3)c3ccccc3-c3ccccc3)cc21. The number of hydrogen-bond donors (Lipinski definition) is 0. The van der Waals surface area contributed by atoms with Crippen LogP contribution in [0.25, 0.3) is 33.4 Å². The molecule has 0 heterocycles. The van der Waals surface area contributed by atoms with E-state index in [0.717, 1.165) is 12.1 Å². The molecule has 1 nitrogen and oxygen atoms in total. The van der Waals surface area contributed by atoms with E-state index in [0.29, 0.717) is 0 Å². The lowest BCUT2D eigenvalue weighted by atomic mass is 9.78. The molecule has 0 spiro atoms. The summed E-state index contributed by atoms with van der Waals surface area (Å²) in [6.07, 6.45) is 1.05. The lowest BCUT2D eigenvalue weighted by molar-refractivity contribution is 0.564. The summed E-state index contributed by atoms with van der Waals surface area (Å²) in [4.78, 5) is 2.43. The molecule has 0 saturated carbocycles. The minimum Gasteiger partial charge on any atom is -0.310 e. The van der Waals surface area contributed by atoms with Crippen LogP contribution in [-0.2, 0) is 5.41 Å². The molecule has 1 aliphatic carbocycles. The maximum absolute atomic E-state index is 2.44. The summed E-state index contributed by atoms with van der Waals surface area (Å²) in [6, 6.07) is 55.0. The minimum absolute atomic E-state index is 0.0241. The molecule has 0 saturated heterocycles. The molecule has 0 N–H and O–H groups in total. The standard InChI is InChI=1S/C40H33N/c1-3-40(2)37-20-12-10-19-35(37)36-27-26-33(28-38(36)40)41(32-24-22-30(23-25-32)29-14-6-4-7-15-29)39-21-13-11-18-34(39)31-16-8-5-9-17-31/h4-28H,3H2,1-2H3. The third kappa shape index (κ3) is 4.26. The fraction of sp³-hybridized carbons (Fsp3) is 0.100. The van der Waals surface area contributed by atoms with Crippen molar-refractivity contribution in [2.45, 2.75) is 25.7 Å². The maximum Gasteiger partial charge on any atom is 0.0540 e. The Morgan fingerprint density at radius 3 is 1.71 bits per heavy atom. The van der Waals surface area contributed by atoms with Crippen LogP contribution >= 0.6 is 0 Å². The fourth-order valence-electron chi connectivity index (χ4n) is 6.48. The van der Waals surface area contributed by atoms with Gasteiger partial charge in [0.2, 0.25) is 0 Å². The second-order valence-corrected chi connectivity index (χ2v) is 11.1. The molecular weight excluding hydrogens is 494 g/mol. The molecule has 0 amide bonds. The third-order valence-corrected chi connectivity index (χ3v) is 8.84. The molecule has 0 aromatic heterocycles. The van der Waals surface area contributed by atoms with E-state index in [4.69, 9.17) is 0 Å². The molecule has 1 atom stereocenters. The van der Waals surface area contributed by atoms with Crippen LogP contribution in [0.3, 0.4) is 0 Å². The summed E-state index contributed by atoms with van der Waals surface area (Å²) in [5.41, 5.74) is 13.9. The molecule has 41 heavy (non-hydrogen) atoms. The summed E-state index contributed by atoms with van der Waals surface area (Å²) in [5, 5.41) is 0. The molecule has 1 aliphatic rings. The van der Waals surface area contributed by atoms with Gasteiger partial charge < -0.3 is 4.90 Å². The molecular formula is C40H33N. The van der Waals surface area contributed by atoms with Crippen LogP contribution in [-0.4, -0.2) is 0 Å². The van der Waals surface area contributed by atoms with Crippen LogP contribution in [0.2, 0.25) is 0 Å². The predicted molar refractivity (Wildman–Crippen MR) is 174 cm³/mol. The second kappa shape index (κ2) is 10.3. The van der Waals surface area contributed by atoms with Gasteiger partial charge in [-0.25, -0.2) is 0 Å². The Labute approximate surface area is 243 Å². The van der Waals surface area contributed by atoms with Crippen molar-refractivity contribution in [1.29, 1.82) is 0 Å². The number of anilines is 3. The number of fused-ring (bicyclic) bond motifs is 3. The van der Waals surface area contributed by atoms with E-state index < -0.39 is 0 Å². The molecule has 6 aromatic rings. The lowest BCUT2D eigenvalue weighted by Gasteiger charge is -2.30. The van der Waals surface area contributed by atoms with E-state index in [1.165, 1.54) is 55.9 Å². The van der Waals surface area contributed by atoms with Crippen molar-refractivity contribution >= 4 is 17.1 Å². The highest BCUT2D eigenvalue weighted by atomic mass is 15.1. The Bertz CT molecular complexity index is 1820. The monoisotopic (exact) mass is 527 g/mol. The zero-order valence-electron chi connectivity index (χ0n) is 23.6. The van der Waals surface area contributed by atoms with Gasteiger partial charge in [-0.2, -0.15) is 0 Å². The largest absolute Gasteiger partial charge is 0.310 e. The van der Waals surface area contributed by atoms with Gasteiger partial charge in [-0.3, -0.25) is 0 Å². The number of nitrogens with zero attached hydrogens (tertiary/aromatic N) is 1. The van der Waals surface area contributed by atoms with E-state index in [-0.39, 0.29) is 5.41 Å². The van der Waals surface area contributed by atoms with E-state index in [9.17, 15) is 0 Å². The van der Waals surface area contributed by atoms with Gasteiger partial charge in [-0.05, 0) is 75.7 Å². The first-order valence-electron chi connectivity index (χ1n) is 14.5. The Balaban J connectivity index is 1.42. The highest BCUT2D eigenvalue weighted by Crippen LogP contribution is 2.52. The van der Waals surface area contributed by atoms with Crippen molar-refractivity contribution in [3.05, 3.63) is 163 Å². The van der Waals surface area contributed by atoms with Crippen LogP contribution in [0.1, 0.15) is 31.4 Å². The minimum atomic E-state index is -0.0241. The molecule has 7 rings (SSSR count). The summed E-state index contributed by atoms with van der Waals surface area (Å²) < 4.78 is 0. The van der Waals surface area contributed by atoms with Gasteiger partial charge in [0, 0.05) is 22.4 Å². The second-order valence-electron chi connectivity index (χ2n) is 11.1. The average molecular weight is 528 g/mol. The van der Waals surface area contributed by atoms with Gasteiger partial charge in [-0.15, -0.1) is 0 Å². The first-order chi connectivity index (χ1) is 20.2. The number of hydrogen-bond acceptors (Lipinski definition) is 1. The quantitative estimate of drug-likeness (QED) is 0.208. The van der Waals surface area contributed by atoms with Crippen molar-refractivity contribution in [2.24, 2.45) is 0 Å². The Hall–Kier alpha value is -4.88. The molecule has 6 aromatic carbocycles. The van der Waals surface area contributed by atoms with Crippen molar-refractivity contribution in [3.8, 4) is 33.4 Å². The van der Waals surface area contributed by atoms with Crippen LogP contribution in [0.4, 0.5) is 17.1 Å². The van der Waals surface area contributed by atoms with E-state index >= 15 is 0 Å². The van der Waals surface area contributed by atoms with E-state index in [1.807, 2.05) is 0 Å². The predicted octanol–water partition coefficient (Wildman–Crippen LogP) is 11.2. The first kappa shape index (κ1) is 25.1. The van der Waals surface area contributed by atoms with Gasteiger partial charge >= 0.3 is 0 Å². The molecule has 1 unspecified atom stereocenters. The van der Waals surface area contributed by atoms with Gasteiger partial charge in [0.05, 0.1) is 5.69 Å². The molecule has 0 fully saturated rings. The van der Waals surface area contributed by atoms with Crippen molar-refractivity contribution in [1.82, 2.24) is 0 Å². The summed E-state index contributed by atoms with van der Waals surface area (Å²) >= 11 is 0. The zero-order chi connectivity index (χ0) is 27.8. The number of rotatable bonds is 6. The Morgan fingerprint density at radius 1 is 0.463 bits per heavy atom. The van der Waals surface area contributed by atoms with Crippen molar-refractivity contribution in [3.63, 3.8) is 0 Å². The van der Waals surface area contributed by atoms with Gasteiger partial charge in [-0.1, -0.05) is 135 Å². The highest BCUT2D eigenvalue weighted by molar-refractivity contribution is 5.90.